The van der Waals surface area contributed by atoms with E-state index in [9.17, 15) is 8.42 Å². The minimum Gasteiger partial charge on any atom is -0.368 e. The highest BCUT2D eigenvalue weighted by Crippen LogP contribution is 2.41. The summed E-state index contributed by atoms with van der Waals surface area (Å²) in [5.74, 6) is -0.740. The minimum atomic E-state index is -3.62. The molecule has 7 nitrogen and oxygen atoms in total. The normalized spacial score (nSPS) is 35.4. The standard InChI is InChI=1S/C18H26O7S/c1-5-18(3)23-16-15(21-11-13-9-7-6-8-10-13)14(22-17(16)24-18)12(2)25-26(4,19)20/h6-10,12,14-17H,5,11H2,1-4H3/t12-,14-,15-,16-,17-,18?/m1/s1. The quantitative estimate of drug-likeness (QED) is 0.665. The summed E-state index contributed by atoms with van der Waals surface area (Å²) >= 11 is 0. The second-order valence-corrected chi connectivity index (χ2v) is 8.52. The van der Waals surface area contributed by atoms with E-state index in [4.69, 9.17) is 23.1 Å². The molecule has 0 aliphatic carbocycles. The zero-order valence-electron chi connectivity index (χ0n) is 15.5. The molecule has 2 aliphatic rings. The SMILES string of the molecule is CCC1(C)O[C@H]2O[C@H]([C@@H](C)OS(C)(=O)=O)[C@@H](OCc3ccccc3)[C@H]2O1. The summed E-state index contributed by atoms with van der Waals surface area (Å²) in [7, 11) is -3.62. The lowest BCUT2D eigenvalue weighted by molar-refractivity contribution is -0.236. The molecule has 1 aromatic carbocycles. The zero-order valence-corrected chi connectivity index (χ0v) is 16.3. The van der Waals surface area contributed by atoms with Crippen LogP contribution in [0.3, 0.4) is 0 Å². The van der Waals surface area contributed by atoms with Crippen LogP contribution < -0.4 is 0 Å². The van der Waals surface area contributed by atoms with Gasteiger partial charge in [0.1, 0.15) is 24.4 Å². The van der Waals surface area contributed by atoms with Crippen molar-refractivity contribution >= 4 is 10.1 Å². The molecule has 6 atom stereocenters. The van der Waals surface area contributed by atoms with E-state index >= 15 is 0 Å². The van der Waals surface area contributed by atoms with Crippen LogP contribution in [-0.2, 0) is 39.9 Å². The second kappa shape index (κ2) is 7.53. The summed E-state index contributed by atoms with van der Waals surface area (Å²) in [5, 5.41) is 0. The maximum absolute atomic E-state index is 11.5. The molecule has 0 amide bonds. The van der Waals surface area contributed by atoms with Crippen molar-refractivity contribution in [3.05, 3.63) is 35.9 Å². The van der Waals surface area contributed by atoms with Crippen LogP contribution in [0.4, 0.5) is 0 Å². The number of hydrogen-bond acceptors (Lipinski definition) is 7. The number of rotatable bonds is 7. The Labute approximate surface area is 154 Å². The van der Waals surface area contributed by atoms with Gasteiger partial charge in [0, 0.05) is 0 Å². The smallest absolute Gasteiger partial charge is 0.264 e. The van der Waals surface area contributed by atoms with Gasteiger partial charge in [0.15, 0.2) is 12.1 Å². The van der Waals surface area contributed by atoms with E-state index in [1.54, 1.807) is 6.92 Å². The van der Waals surface area contributed by atoms with Crippen LogP contribution in [0.5, 0.6) is 0 Å². The Balaban J connectivity index is 1.76. The maximum Gasteiger partial charge on any atom is 0.264 e. The summed E-state index contributed by atoms with van der Waals surface area (Å²) in [6, 6.07) is 9.72. The zero-order chi connectivity index (χ0) is 18.9. The predicted octanol–water partition coefficient (Wildman–Crippen LogP) is 2.20. The molecule has 0 bridgehead atoms. The summed E-state index contributed by atoms with van der Waals surface area (Å²) in [5.41, 5.74) is 1.00. The van der Waals surface area contributed by atoms with Crippen LogP contribution in [0, 0.1) is 0 Å². The van der Waals surface area contributed by atoms with Crippen molar-refractivity contribution in [3.8, 4) is 0 Å². The van der Waals surface area contributed by atoms with E-state index < -0.39 is 46.6 Å². The molecule has 0 radical (unpaired) electrons. The van der Waals surface area contributed by atoms with Gasteiger partial charge in [-0.05, 0) is 25.8 Å². The predicted molar refractivity (Wildman–Crippen MR) is 93.7 cm³/mol. The van der Waals surface area contributed by atoms with Gasteiger partial charge in [0.2, 0.25) is 0 Å². The van der Waals surface area contributed by atoms with Gasteiger partial charge in [-0.25, -0.2) is 0 Å². The van der Waals surface area contributed by atoms with E-state index in [-0.39, 0.29) is 0 Å². The highest BCUT2D eigenvalue weighted by Gasteiger charge is 2.57. The van der Waals surface area contributed by atoms with Crippen molar-refractivity contribution in [1.82, 2.24) is 0 Å². The number of benzene rings is 1. The van der Waals surface area contributed by atoms with Gasteiger partial charge in [0.05, 0.1) is 12.9 Å². The van der Waals surface area contributed by atoms with Gasteiger partial charge in [0.25, 0.3) is 10.1 Å². The van der Waals surface area contributed by atoms with E-state index in [2.05, 4.69) is 0 Å². The molecule has 0 saturated carbocycles. The highest BCUT2D eigenvalue weighted by atomic mass is 32.2. The van der Waals surface area contributed by atoms with Crippen molar-refractivity contribution in [2.45, 2.75) is 70.3 Å². The van der Waals surface area contributed by atoms with Crippen LogP contribution in [0.1, 0.15) is 32.8 Å². The molecular weight excluding hydrogens is 360 g/mol. The first-order valence-electron chi connectivity index (χ1n) is 8.75. The maximum atomic E-state index is 11.5. The van der Waals surface area contributed by atoms with Gasteiger partial charge in [-0.15, -0.1) is 0 Å². The van der Waals surface area contributed by atoms with E-state index in [0.717, 1.165) is 11.8 Å². The monoisotopic (exact) mass is 386 g/mol. The molecule has 3 rings (SSSR count). The molecular formula is C18H26O7S. The number of ether oxygens (including phenoxy) is 4. The van der Waals surface area contributed by atoms with Crippen molar-refractivity contribution < 1.29 is 31.5 Å². The Morgan fingerprint density at radius 2 is 1.92 bits per heavy atom. The summed E-state index contributed by atoms with van der Waals surface area (Å²) in [6.45, 7) is 5.82. The fourth-order valence-electron chi connectivity index (χ4n) is 3.26. The molecule has 2 aliphatic heterocycles. The van der Waals surface area contributed by atoms with Crippen molar-refractivity contribution in [1.29, 1.82) is 0 Å². The molecule has 8 heteroatoms. The van der Waals surface area contributed by atoms with Gasteiger partial charge < -0.3 is 18.9 Å². The molecule has 0 N–H and O–H groups in total. The Morgan fingerprint density at radius 3 is 2.54 bits per heavy atom. The van der Waals surface area contributed by atoms with Crippen LogP contribution in [0.25, 0.3) is 0 Å². The third-order valence-corrected chi connectivity index (χ3v) is 5.33. The van der Waals surface area contributed by atoms with Gasteiger partial charge in [-0.1, -0.05) is 37.3 Å². The lowest BCUT2D eigenvalue weighted by atomic mass is 10.1. The Hall–Kier alpha value is -1.03. The molecule has 146 valence electrons. The fourth-order valence-corrected chi connectivity index (χ4v) is 3.92. The van der Waals surface area contributed by atoms with E-state index in [1.165, 1.54) is 0 Å². The lowest BCUT2D eigenvalue weighted by Crippen LogP contribution is -2.43. The van der Waals surface area contributed by atoms with Gasteiger partial charge in [-0.2, -0.15) is 8.42 Å². The molecule has 2 heterocycles. The molecule has 1 unspecified atom stereocenters. The fraction of sp³-hybridized carbons (Fsp3) is 0.667. The van der Waals surface area contributed by atoms with Crippen molar-refractivity contribution in [2.75, 3.05) is 6.26 Å². The summed E-state index contributed by atoms with van der Waals surface area (Å²) in [6.07, 6.45) is -1.24. The molecule has 26 heavy (non-hydrogen) atoms. The number of fused-ring (bicyclic) bond motifs is 1. The van der Waals surface area contributed by atoms with E-state index in [0.29, 0.717) is 13.0 Å². The third-order valence-electron chi connectivity index (χ3n) is 4.67. The third kappa shape index (κ3) is 4.44. The van der Waals surface area contributed by atoms with Crippen molar-refractivity contribution in [2.24, 2.45) is 0 Å². The lowest BCUT2D eigenvalue weighted by Gasteiger charge is -2.29. The Morgan fingerprint density at radius 1 is 1.23 bits per heavy atom. The minimum absolute atomic E-state index is 0.354. The van der Waals surface area contributed by atoms with Crippen LogP contribution in [0.2, 0.25) is 0 Å². The van der Waals surface area contributed by atoms with Gasteiger partial charge in [-0.3, -0.25) is 4.18 Å². The van der Waals surface area contributed by atoms with Crippen LogP contribution >= 0.6 is 0 Å². The number of hydrogen-bond donors (Lipinski definition) is 0. The first kappa shape index (κ1) is 19.7. The molecule has 2 saturated heterocycles. The molecule has 0 spiro atoms. The molecule has 1 aromatic rings. The largest absolute Gasteiger partial charge is 0.368 e. The molecule has 2 fully saturated rings. The average molecular weight is 386 g/mol. The van der Waals surface area contributed by atoms with E-state index in [1.807, 2.05) is 44.2 Å². The van der Waals surface area contributed by atoms with Crippen LogP contribution in [0.15, 0.2) is 30.3 Å². The van der Waals surface area contributed by atoms with Gasteiger partial charge >= 0.3 is 0 Å². The molecule has 0 aromatic heterocycles. The summed E-state index contributed by atoms with van der Waals surface area (Å²) < 4.78 is 52.1. The highest BCUT2D eigenvalue weighted by molar-refractivity contribution is 7.86. The topological polar surface area (TPSA) is 80.3 Å². The first-order valence-corrected chi connectivity index (χ1v) is 10.6. The van der Waals surface area contributed by atoms with Crippen LogP contribution in [-0.4, -0.2) is 51.2 Å². The average Bonchev–Trinajstić information content (AvgIpc) is 3.06. The van der Waals surface area contributed by atoms with Crippen molar-refractivity contribution in [3.63, 3.8) is 0 Å². The Kier molecular flexibility index (Phi) is 5.72. The Bertz CT molecular complexity index is 708. The second-order valence-electron chi connectivity index (χ2n) is 6.92. The summed E-state index contributed by atoms with van der Waals surface area (Å²) in [4.78, 5) is 0. The first-order chi connectivity index (χ1) is 12.2.